The van der Waals surface area contributed by atoms with E-state index < -0.39 is 11.9 Å². The lowest BCUT2D eigenvalue weighted by Crippen LogP contribution is -2.07. The minimum Gasteiger partial charge on any atom is -0.240 e. The molecule has 0 fully saturated rings. The number of thiazole rings is 1. The molecule has 4 nitrogen and oxygen atoms in total. The minimum absolute atomic E-state index is 0.424. The van der Waals surface area contributed by atoms with Gasteiger partial charge in [0.05, 0.1) is 21.5 Å². The molecule has 0 N–H and O–H groups in total. The average Bonchev–Trinajstić information content (AvgIpc) is 3.33. The van der Waals surface area contributed by atoms with Crippen LogP contribution in [0.25, 0.3) is 27.6 Å². The molecule has 2 heterocycles. The molecule has 138 valence electrons. The van der Waals surface area contributed by atoms with Crippen LogP contribution in [0, 0.1) is 11.3 Å². The summed E-state index contributed by atoms with van der Waals surface area (Å²) in [7, 11) is 0. The number of benzene rings is 2. The van der Waals surface area contributed by atoms with Crippen LogP contribution in [-0.2, 0) is 6.18 Å². The summed E-state index contributed by atoms with van der Waals surface area (Å²) in [5, 5.41) is 13.7. The number of halogens is 3. The first-order valence-electron chi connectivity index (χ1n) is 8.15. The van der Waals surface area contributed by atoms with Gasteiger partial charge in [-0.2, -0.15) is 23.5 Å². The second-order valence-corrected chi connectivity index (χ2v) is 6.92. The van der Waals surface area contributed by atoms with Gasteiger partial charge in [0, 0.05) is 6.20 Å². The molecular formula is C20H11F3N4S. The minimum atomic E-state index is -4.48. The molecule has 4 rings (SSSR count). The van der Waals surface area contributed by atoms with Crippen LogP contribution in [-0.4, -0.2) is 14.8 Å². The summed E-state index contributed by atoms with van der Waals surface area (Å²) in [4.78, 5) is 4.48. The highest BCUT2D eigenvalue weighted by Gasteiger charge is 2.33. The number of para-hydroxylation sites is 1. The van der Waals surface area contributed by atoms with Crippen LogP contribution >= 0.6 is 11.3 Å². The van der Waals surface area contributed by atoms with E-state index in [1.54, 1.807) is 30.3 Å². The van der Waals surface area contributed by atoms with Crippen LogP contribution in [0.3, 0.4) is 0 Å². The zero-order valence-electron chi connectivity index (χ0n) is 14.2. The number of nitriles is 1. The molecule has 28 heavy (non-hydrogen) atoms. The molecule has 0 aliphatic rings. The van der Waals surface area contributed by atoms with Gasteiger partial charge in [-0.25, -0.2) is 9.67 Å². The van der Waals surface area contributed by atoms with Crippen LogP contribution in [0.5, 0.6) is 0 Å². The fourth-order valence-corrected chi connectivity index (χ4v) is 3.57. The molecule has 0 atom stereocenters. The summed E-state index contributed by atoms with van der Waals surface area (Å²) >= 11 is 1.43. The molecule has 4 aromatic rings. The Hall–Kier alpha value is -3.44. The molecule has 2 aromatic heterocycles. The zero-order valence-corrected chi connectivity index (χ0v) is 15.0. The van der Waals surface area contributed by atoms with Gasteiger partial charge in [0.2, 0.25) is 0 Å². The van der Waals surface area contributed by atoms with Crippen LogP contribution in [0.15, 0.2) is 60.8 Å². The van der Waals surface area contributed by atoms with E-state index in [1.807, 2.05) is 24.3 Å². The molecule has 0 spiro atoms. The third-order valence-electron chi connectivity index (χ3n) is 3.99. The van der Waals surface area contributed by atoms with E-state index in [0.717, 1.165) is 26.5 Å². The maximum atomic E-state index is 12.7. The molecule has 0 aliphatic carbocycles. The SMILES string of the molecule is N#CC(=Cc1ccc(-n2ccc(C(F)(F)F)n2)cc1)c1nc2ccccc2s1. The molecule has 0 saturated heterocycles. The van der Waals surface area contributed by atoms with Crippen LogP contribution in [0.4, 0.5) is 13.2 Å². The summed E-state index contributed by atoms with van der Waals surface area (Å²) in [6.45, 7) is 0. The second kappa shape index (κ2) is 6.94. The predicted octanol–water partition coefficient (Wildman–Crippen LogP) is 5.56. The number of nitrogens with zero attached hydrogens (tertiary/aromatic N) is 4. The second-order valence-electron chi connectivity index (χ2n) is 5.89. The van der Waals surface area contributed by atoms with Gasteiger partial charge in [0.1, 0.15) is 11.1 Å². The van der Waals surface area contributed by atoms with E-state index >= 15 is 0 Å². The monoisotopic (exact) mass is 396 g/mol. The quantitative estimate of drug-likeness (QED) is 0.426. The molecule has 0 amide bonds. The standard InChI is InChI=1S/C20H11F3N4S/c21-20(22,23)18-9-10-27(26-18)15-7-5-13(6-8-15)11-14(12-24)19-25-16-3-1-2-4-17(16)28-19/h1-11H. The Kier molecular flexibility index (Phi) is 4.45. The summed E-state index contributed by atoms with van der Waals surface area (Å²) in [6.07, 6.45) is -1.52. The number of fused-ring (bicyclic) bond motifs is 1. The Morgan fingerprint density at radius 1 is 1.07 bits per heavy atom. The number of alkyl halides is 3. The first-order chi connectivity index (χ1) is 13.4. The lowest BCUT2D eigenvalue weighted by molar-refractivity contribution is -0.141. The van der Waals surface area contributed by atoms with Crippen molar-refractivity contribution in [1.82, 2.24) is 14.8 Å². The van der Waals surface area contributed by atoms with E-state index in [1.165, 1.54) is 17.5 Å². The third kappa shape index (κ3) is 3.52. The Balaban J connectivity index is 1.62. The number of rotatable bonds is 3. The first kappa shape index (κ1) is 17.9. The topological polar surface area (TPSA) is 54.5 Å². The third-order valence-corrected chi connectivity index (χ3v) is 5.06. The Morgan fingerprint density at radius 2 is 1.82 bits per heavy atom. The van der Waals surface area contributed by atoms with Crippen molar-refractivity contribution in [2.45, 2.75) is 6.18 Å². The largest absolute Gasteiger partial charge is 0.435 e. The van der Waals surface area contributed by atoms with Crippen molar-refractivity contribution in [3.05, 3.63) is 77.1 Å². The maximum Gasteiger partial charge on any atom is 0.435 e. The lowest BCUT2D eigenvalue weighted by atomic mass is 10.1. The number of aromatic nitrogens is 3. The summed E-state index contributed by atoms with van der Waals surface area (Å²) in [5.74, 6) is 0. The molecule has 0 saturated carbocycles. The number of hydrogen-bond acceptors (Lipinski definition) is 4. The van der Waals surface area contributed by atoms with Crippen molar-refractivity contribution in [2.24, 2.45) is 0 Å². The summed E-state index contributed by atoms with van der Waals surface area (Å²) in [5.41, 5.74) is 1.54. The zero-order chi connectivity index (χ0) is 19.7. The smallest absolute Gasteiger partial charge is 0.240 e. The molecule has 0 aliphatic heterocycles. The van der Waals surface area contributed by atoms with Crippen molar-refractivity contribution >= 4 is 33.2 Å². The van der Waals surface area contributed by atoms with Gasteiger partial charge in [-0.15, -0.1) is 11.3 Å². The van der Waals surface area contributed by atoms with Gasteiger partial charge in [0.15, 0.2) is 5.69 Å². The molecule has 8 heteroatoms. The first-order valence-corrected chi connectivity index (χ1v) is 8.97. The van der Waals surface area contributed by atoms with Crippen LogP contribution in [0.1, 0.15) is 16.3 Å². The van der Waals surface area contributed by atoms with Crippen molar-refractivity contribution in [1.29, 1.82) is 5.26 Å². The van der Waals surface area contributed by atoms with E-state index in [4.69, 9.17) is 0 Å². The van der Waals surface area contributed by atoms with Crippen molar-refractivity contribution in [3.63, 3.8) is 0 Å². The van der Waals surface area contributed by atoms with E-state index in [9.17, 15) is 18.4 Å². The fraction of sp³-hybridized carbons (Fsp3) is 0.0500. The van der Waals surface area contributed by atoms with Gasteiger partial charge < -0.3 is 0 Å². The van der Waals surface area contributed by atoms with Crippen LogP contribution < -0.4 is 0 Å². The van der Waals surface area contributed by atoms with E-state index in [-0.39, 0.29) is 0 Å². The van der Waals surface area contributed by atoms with Gasteiger partial charge in [-0.05, 0) is 42.0 Å². The molecule has 0 radical (unpaired) electrons. The highest BCUT2D eigenvalue weighted by molar-refractivity contribution is 7.19. The maximum absolute atomic E-state index is 12.7. The highest BCUT2D eigenvalue weighted by Crippen LogP contribution is 2.29. The summed E-state index contributed by atoms with van der Waals surface area (Å²) < 4.78 is 40.2. The Morgan fingerprint density at radius 3 is 2.46 bits per heavy atom. The molecule has 0 bridgehead atoms. The number of hydrogen-bond donors (Lipinski definition) is 0. The molecule has 2 aromatic carbocycles. The highest BCUT2D eigenvalue weighted by atomic mass is 32.1. The average molecular weight is 396 g/mol. The molecule has 0 unspecified atom stereocenters. The normalized spacial score (nSPS) is 12.3. The lowest BCUT2D eigenvalue weighted by Gasteiger charge is -2.04. The fourth-order valence-electron chi connectivity index (χ4n) is 2.64. The van der Waals surface area contributed by atoms with Crippen LogP contribution in [0.2, 0.25) is 0 Å². The molecular weight excluding hydrogens is 385 g/mol. The van der Waals surface area contributed by atoms with Crippen molar-refractivity contribution in [2.75, 3.05) is 0 Å². The summed E-state index contributed by atoms with van der Waals surface area (Å²) in [6, 6.07) is 17.4. The number of allylic oxidation sites excluding steroid dienone is 1. The van der Waals surface area contributed by atoms with Gasteiger partial charge in [-0.3, -0.25) is 0 Å². The van der Waals surface area contributed by atoms with Gasteiger partial charge >= 0.3 is 6.18 Å². The van der Waals surface area contributed by atoms with Gasteiger partial charge in [-0.1, -0.05) is 24.3 Å². The predicted molar refractivity (Wildman–Crippen MR) is 102 cm³/mol. The van der Waals surface area contributed by atoms with E-state index in [2.05, 4.69) is 16.2 Å². The van der Waals surface area contributed by atoms with Crippen molar-refractivity contribution in [3.8, 4) is 11.8 Å². The van der Waals surface area contributed by atoms with Gasteiger partial charge in [0.25, 0.3) is 0 Å². The Labute approximate surface area is 161 Å². The van der Waals surface area contributed by atoms with E-state index in [0.29, 0.717) is 16.3 Å². The Bertz CT molecular complexity index is 1180. The van der Waals surface area contributed by atoms with Crippen molar-refractivity contribution < 1.29 is 13.2 Å².